The van der Waals surface area contributed by atoms with Crippen molar-refractivity contribution in [3.8, 4) is 0 Å². The van der Waals surface area contributed by atoms with Gasteiger partial charge in [0.25, 0.3) is 11.8 Å². The molecule has 2 aromatic carbocycles. The van der Waals surface area contributed by atoms with Gasteiger partial charge in [0.2, 0.25) is 5.91 Å². The first-order valence-electron chi connectivity index (χ1n) is 8.01. The van der Waals surface area contributed by atoms with Crippen LogP contribution in [0.2, 0.25) is 0 Å². The molecule has 0 saturated carbocycles. The SMILES string of the molecule is O=C(O)CCN1C(=O)c2ccc(NC(=O)Cc3ccccc3)cc2C1=O. The molecule has 1 heterocycles. The van der Waals surface area contributed by atoms with Crippen molar-refractivity contribution in [1.29, 1.82) is 0 Å². The number of benzene rings is 2. The Hall–Kier alpha value is -3.48. The van der Waals surface area contributed by atoms with Crippen molar-refractivity contribution in [3.63, 3.8) is 0 Å². The topological polar surface area (TPSA) is 104 Å². The molecule has 2 N–H and O–H groups in total. The zero-order chi connectivity index (χ0) is 18.7. The summed E-state index contributed by atoms with van der Waals surface area (Å²) in [7, 11) is 0. The fraction of sp³-hybridized carbons (Fsp3) is 0.158. The molecule has 3 rings (SSSR count). The molecular weight excluding hydrogens is 336 g/mol. The third kappa shape index (κ3) is 3.61. The van der Waals surface area contributed by atoms with Crippen molar-refractivity contribution in [1.82, 2.24) is 4.90 Å². The summed E-state index contributed by atoms with van der Waals surface area (Å²) in [5.74, 6) is -2.40. The molecule has 0 atom stereocenters. The Bertz CT molecular complexity index is 892. The average Bonchev–Trinajstić information content (AvgIpc) is 2.84. The normalized spacial score (nSPS) is 12.8. The zero-order valence-electron chi connectivity index (χ0n) is 13.8. The van der Waals surface area contributed by atoms with Crippen LogP contribution in [0, 0.1) is 0 Å². The number of nitrogens with zero attached hydrogens (tertiary/aromatic N) is 1. The number of hydrogen-bond donors (Lipinski definition) is 2. The molecule has 1 aliphatic heterocycles. The van der Waals surface area contributed by atoms with E-state index >= 15 is 0 Å². The van der Waals surface area contributed by atoms with Crippen LogP contribution in [0.5, 0.6) is 0 Å². The molecule has 0 spiro atoms. The second-order valence-corrected chi connectivity index (χ2v) is 5.88. The lowest BCUT2D eigenvalue weighted by atomic mass is 10.1. The van der Waals surface area contributed by atoms with E-state index in [9.17, 15) is 19.2 Å². The van der Waals surface area contributed by atoms with Gasteiger partial charge in [0.15, 0.2) is 0 Å². The highest BCUT2D eigenvalue weighted by molar-refractivity contribution is 6.22. The second kappa shape index (κ2) is 7.18. The van der Waals surface area contributed by atoms with Crippen LogP contribution < -0.4 is 5.32 Å². The summed E-state index contributed by atoms with van der Waals surface area (Å²) in [6.45, 7) is -0.183. The number of carbonyl (C=O) groups is 4. The maximum atomic E-state index is 12.3. The van der Waals surface area contributed by atoms with Crippen molar-refractivity contribution in [2.75, 3.05) is 11.9 Å². The van der Waals surface area contributed by atoms with Gasteiger partial charge in [-0.3, -0.25) is 24.1 Å². The van der Waals surface area contributed by atoms with E-state index in [1.54, 1.807) is 6.07 Å². The van der Waals surface area contributed by atoms with E-state index in [2.05, 4.69) is 5.32 Å². The predicted octanol–water partition coefficient (Wildman–Crippen LogP) is 1.94. The third-order valence-corrected chi connectivity index (χ3v) is 4.01. The first-order valence-corrected chi connectivity index (χ1v) is 8.01. The van der Waals surface area contributed by atoms with Crippen LogP contribution in [-0.2, 0) is 16.0 Å². The molecule has 0 radical (unpaired) electrons. The van der Waals surface area contributed by atoms with E-state index in [-0.39, 0.29) is 36.4 Å². The van der Waals surface area contributed by atoms with Gasteiger partial charge in [0.1, 0.15) is 0 Å². The largest absolute Gasteiger partial charge is 0.481 e. The van der Waals surface area contributed by atoms with Gasteiger partial charge in [-0.15, -0.1) is 0 Å². The Balaban J connectivity index is 1.72. The fourth-order valence-corrected chi connectivity index (χ4v) is 2.77. The lowest BCUT2D eigenvalue weighted by Crippen LogP contribution is -2.31. The minimum absolute atomic E-state index is 0.165. The van der Waals surface area contributed by atoms with Gasteiger partial charge in [0.05, 0.1) is 24.0 Å². The highest BCUT2D eigenvalue weighted by atomic mass is 16.4. The summed E-state index contributed by atoms with van der Waals surface area (Å²) in [6, 6.07) is 13.7. The first-order chi connectivity index (χ1) is 12.5. The number of nitrogens with one attached hydrogen (secondary N) is 1. The van der Waals surface area contributed by atoms with E-state index in [0.717, 1.165) is 10.5 Å². The van der Waals surface area contributed by atoms with Crippen LogP contribution in [0.4, 0.5) is 5.69 Å². The monoisotopic (exact) mass is 352 g/mol. The Morgan fingerprint density at radius 1 is 0.962 bits per heavy atom. The quantitative estimate of drug-likeness (QED) is 0.773. The van der Waals surface area contributed by atoms with Crippen molar-refractivity contribution in [2.24, 2.45) is 0 Å². The fourth-order valence-electron chi connectivity index (χ4n) is 2.77. The van der Waals surface area contributed by atoms with E-state index in [0.29, 0.717) is 5.69 Å². The molecule has 0 aromatic heterocycles. The van der Waals surface area contributed by atoms with Crippen LogP contribution in [0.1, 0.15) is 32.7 Å². The van der Waals surface area contributed by atoms with Crippen molar-refractivity contribution in [2.45, 2.75) is 12.8 Å². The zero-order valence-corrected chi connectivity index (χ0v) is 13.8. The highest BCUT2D eigenvalue weighted by Gasteiger charge is 2.35. The molecule has 1 aliphatic rings. The number of carbonyl (C=O) groups excluding carboxylic acids is 3. The van der Waals surface area contributed by atoms with Crippen molar-refractivity contribution < 1.29 is 24.3 Å². The number of carboxylic acids is 1. The minimum Gasteiger partial charge on any atom is -0.481 e. The van der Waals surface area contributed by atoms with Gasteiger partial charge in [-0.1, -0.05) is 30.3 Å². The van der Waals surface area contributed by atoms with Crippen LogP contribution in [0.3, 0.4) is 0 Å². The maximum Gasteiger partial charge on any atom is 0.305 e. The number of aliphatic carboxylic acids is 1. The minimum atomic E-state index is -1.09. The lowest BCUT2D eigenvalue weighted by molar-refractivity contribution is -0.137. The molecule has 3 amide bonds. The number of amides is 3. The van der Waals surface area contributed by atoms with Gasteiger partial charge < -0.3 is 10.4 Å². The maximum absolute atomic E-state index is 12.3. The van der Waals surface area contributed by atoms with Crippen molar-refractivity contribution >= 4 is 29.4 Å². The summed E-state index contributed by atoms with van der Waals surface area (Å²) in [5.41, 5.74) is 1.64. The molecule has 26 heavy (non-hydrogen) atoms. The lowest BCUT2D eigenvalue weighted by Gasteiger charge is -2.11. The van der Waals surface area contributed by atoms with Gasteiger partial charge in [-0.2, -0.15) is 0 Å². The smallest absolute Gasteiger partial charge is 0.305 e. The van der Waals surface area contributed by atoms with Crippen LogP contribution >= 0.6 is 0 Å². The summed E-state index contributed by atoms with van der Waals surface area (Å²) in [4.78, 5) is 48.3. The Morgan fingerprint density at radius 2 is 1.65 bits per heavy atom. The van der Waals surface area contributed by atoms with Gasteiger partial charge >= 0.3 is 5.97 Å². The number of fused-ring (bicyclic) bond motifs is 1. The van der Waals surface area contributed by atoms with E-state index in [1.807, 2.05) is 30.3 Å². The Kier molecular flexibility index (Phi) is 4.79. The average molecular weight is 352 g/mol. The number of carboxylic acid groups (broad SMARTS) is 1. The van der Waals surface area contributed by atoms with Crippen LogP contribution in [-0.4, -0.2) is 40.2 Å². The van der Waals surface area contributed by atoms with E-state index < -0.39 is 17.8 Å². The summed E-state index contributed by atoms with van der Waals surface area (Å²) < 4.78 is 0. The summed E-state index contributed by atoms with van der Waals surface area (Å²) in [5, 5.41) is 11.4. The predicted molar refractivity (Wildman–Crippen MR) is 92.8 cm³/mol. The Labute approximate surface area is 149 Å². The highest BCUT2D eigenvalue weighted by Crippen LogP contribution is 2.26. The molecule has 0 aliphatic carbocycles. The molecule has 132 valence electrons. The Morgan fingerprint density at radius 3 is 2.35 bits per heavy atom. The van der Waals surface area contributed by atoms with Gasteiger partial charge in [0, 0.05) is 12.2 Å². The number of anilines is 1. The molecule has 2 aromatic rings. The number of hydrogen-bond acceptors (Lipinski definition) is 4. The summed E-state index contributed by atoms with van der Waals surface area (Å²) in [6.07, 6.45) is -0.123. The van der Waals surface area contributed by atoms with Gasteiger partial charge in [-0.25, -0.2) is 0 Å². The number of rotatable bonds is 6. The van der Waals surface area contributed by atoms with E-state index in [1.165, 1.54) is 12.1 Å². The van der Waals surface area contributed by atoms with E-state index in [4.69, 9.17) is 5.11 Å². The molecule has 0 fully saturated rings. The number of imide groups is 1. The van der Waals surface area contributed by atoms with Gasteiger partial charge in [-0.05, 0) is 23.8 Å². The van der Waals surface area contributed by atoms with Crippen LogP contribution in [0.25, 0.3) is 0 Å². The second-order valence-electron chi connectivity index (χ2n) is 5.88. The summed E-state index contributed by atoms with van der Waals surface area (Å²) >= 11 is 0. The molecular formula is C19H16N2O5. The molecule has 7 nitrogen and oxygen atoms in total. The molecule has 0 bridgehead atoms. The first kappa shape index (κ1) is 17.3. The standard InChI is InChI=1S/C19H16N2O5/c22-16(10-12-4-2-1-3-5-12)20-13-6-7-14-15(11-13)19(26)21(18(14)25)9-8-17(23)24/h1-7,11H,8-10H2,(H,20,22)(H,23,24). The molecule has 7 heteroatoms. The van der Waals surface area contributed by atoms with Crippen molar-refractivity contribution in [3.05, 3.63) is 65.2 Å². The van der Waals surface area contributed by atoms with Crippen LogP contribution in [0.15, 0.2) is 48.5 Å². The third-order valence-electron chi connectivity index (χ3n) is 4.01. The molecule has 0 saturated heterocycles. The molecule has 0 unspecified atom stereocenters.